The molecule has 0 radical (unpaired) electrons. The van der Waals surface area contributed by atoms with Crippen molar-refractivity contribution >= 4 is 44.9 Å². The summed E-state index contributed by atoms with van der Waals surface area (Å²) >= 11 is -1.31. The maximum absolute atomic E-state index is 11.8. The molecule has 32 heavy (non-hydrogen) atoms. The molecular weight excluding hydrogens is 428 g/mol. The lowest BCUT2D eigenvalue weighted by Gasteiger charge is -2.12. The monoisotopic (exact) mass is 446 g/mol. The first-order chi connectivity index (χ1) is 15.5. The second kappa shape index (κ2) is 8.02. The van der Waals surface area contributed by atoms with Crippen LogP contribution in [0.25, 0.3) is 22.2 Å². The number of aromatic nitrogens is 7. The summed E-state index contributed by atoms with van der Waals surface area (Å²) < 4.78 is 19.6. The van der Waals surface area contributed by atoms with Crippen molar-refractivity contribution in [3.8, 4) is 11.5 Å². The van der Waals surface area contributed by atoms with Crippen molar-refractivity contribution in [3.05, 3.63) is 54.9 Å². The van der Waals surface area contributed by atoms with Gasteiger partial charge in [0.25, 0.3) is 0 Å². The highest BCUT2D eigenvalue weighted by molar-refractivity contribution is 7.90. The molecule has 4 aromatic heterocycles. The van der Waals surface area contributed by atoms with Gasteiger partial charge in [0.05, 0.1) is 18.7 Å². The van der Waals surface area contributed by atoms with Crippen LogP contribution in [0, 0.1) is 6.92 Å². The molecule has 0 amide bonds. The second-order valence-electron chi connectivity index (χ2n) is 7.14. The van der Waals surface area contributed by atoms with Crippen LogP contribution in [0.3, 0.4) is 0 Å². The van der Waals surface area contributed by atoms with Crippen LogP contribution < -0.4 is 10.1 Å². The van der Waals surface area contributed by atoms with E-state index in [-0.39, 0.29) is 5.16 Å². The first-order valence-corrected chi connectivity index (χ1v) is 11.2. The Balaban J connectivity index is 1.41. The van der Waals surface area contributed by atoms with Crippen molar-refractivity contribution in [2.24, 2.45) is 7.05 Å². The van der Waals surface area contributed by atoms with Crippen molar-refractivity contribution in [1.29, 1.82) is 0 Å². The number of hydrogen-bond donors (Lipinski definition) is 1. The predicted molar refractivity (Wildman–Crippen MR) is 121 cm³/mol. The van der Waals surface area contributed by atoms with Gasteiger partial charge in [-0.1, -0.05) is 0 Å². The molecule has 4 heterocycles. The zero-order valence-corrected chi connectivity index (χ0v) is 18.3. The first-order valence-electron chi connectivity index (χ1n) is 9.62. The fourth-order valence-electron chi connectivity index (χ4n) is 3.23. The van der Waals surface area contributed by atoms with Crippen molar-refractivity contribution in [2.75, 3.05) is 11.6 Å². The Morgan fingerprint density at radius 2 is 1.91 bits per heavy atom. The minimum atomic E-state index is -1.31. The van der Waals surface area contributed by atoms with E-state index in [1.54, 1.807) is 18.7 Å². The molecule has 11 heteroatoms. The van der Waals surface area contributed by atoms with Crippen LogP contribution in [0.1, 0.15) is 5.56 Å². The van der Waals surface area contributed by atoms with Gasteiger partial charge in [-0.15, -0.1) is 0 Å². The molecule has 0 aliphatic rings. The van der Waals surface area contributed by atoms with Gasteiger partial charge in [0.1, 0.15) is 40.6 Å². The summed E-state index contributed by atoms with van der Waals surface area (Å²) in [5.41, 5.74) is 4.34. The fourth-order valence-corrected chi connectivity index (χ4v) is 3.65. The number of hydrogen-bond acceptors (Lipinski definition) is 9. The molecule has 1 atom stereocenters. The molecule has 1 N–H and O–H groups in total. The van der Waals surface area contributed by atoms with Crippen molar-refractivity contribution in [2.45, 2.75) is 12.1 Å². The molecule has 0 fully saturated rings. The average molecular weight is 446 g/mol. The second-order valence-corrected chi connectivity index (χ2v) is 8.41. The predicted octanol–water partition coefficient (Wildman–Crippen LogP) is 3.28. The number of imidazole rings is 1. The molecule has 10 nitrogen and oxygen atoms in total. The number of aryl methyl sites for hydroxylation is 2. The largest absolute Gasteiger partial charge is 0.609 e. The van der Waals surface area contributed by atoms with Crippen molar-refractivity contribution < 1.29 is 9.29 Å². The van der Waals surface area contributed by atoms with Crippen LogP contribution in [0.4, 0.5) is 11.5 Å². The third kappa shape index (κ3) is 3.79. The van der Waals surface area contributed by atoms with Gasteiger partial charge in [-0.25, -0.2) is 19.9 Å². The van der Waals surface area contributed by atoms with Crippen LogP contribution in [-0.4, -0.2) is 45.3 Å². The van der Waals surface area contributed by atoms with Gasteiger partial charge in [-0.05, 0) is 30.7 Å². The van der Waals surface area contributed by atoms with Gasteiger partial charge in [0.2, 0.25) is 0 Å². The Kier molecular flexibility index (Phi) is 5.04. The molecule has 160 valence electrons. The minimum absolute atomic E-state index is 0.230. The lowest BCUT2D eigenvalue weighted by atomic mass is 10.2. The number of anilines is 2. The highest BCUT2D eigenvalue weighted by atomic mass is 32.2. The molecule has 0 bridgehead atoms. The highest BCUT2D eigenvalue weighted by Crippen LogP contribution is 2.30. The average Bonchev–Trinajstić information content (AvgIpc) is 3.15. The summed E-state index contributed by atoms with van der Waals surface area (Å²) in [5, 5.41) is 3.48. The SMILES string of the molecule is Cc1cc(Nc2ncnc3cnc([S+](C)[O-])nc23)ccc1Oc1cnc2c(c1)ncn2C. The van der Waals surface area contributed by atoms with Crippen molar-refractivity contribution in [1.82, 2.24) is 34.5 Å². The molecule has 0 saturated carbocycles. The number of nitrogens with zero attached hydrogens (tertiary/aromatic N) is 7. The van der Waals surface area contributed by atoms with Gasteiger partial charge in [0.15, 0.2) is 11.5 Å². The van der Waals surface area contributed by atoms with Gasteiger partial charge in [-0.3, -0.25) is 0 Å². The Hall–Kier alpha value is -3.83. The van der Waals surface area contributed by atoms with E-state index < -0.39 is 11.2 Å². The molecule has 0 aliphatic carbocycles. The van der Waals surface area contributed by atoms with Crippen LogP contribution in [0.2, 0.25) is 0 Å². The van der Waals surface area contributed by atoms with Gasteiger partial charge < -0.3 is 19.2 Å². The molecule has 5 rings (SSSR count). The van der Waals surface area contributed by atoms with Gasteiger partial charge in [0, 0.05) is 30.0 Å². The van der Waals surface area contributed by atoms with E-state index in [2.05, 4.69) is 35.2 Å². The van der Waals surface area contributed by atoms with E-state index in [4.69, 9.17) is 4.74 Å². The summed E-state index contributed by atoms with van der Waals surface area (Å²) in [5.74, 6) is 1.81. The van der Waals surface area contributed by atoms with Crippen LogP contribution in [-0.2, 0) is 18.2 Å². The van der Waals surface area contributed by atoms with E-state index in [0.29, 0.717) is 28.4 Å². The molecule has 1 unspecified atom stereocenters. The summed E-state index contributed by atoms with van der Waals surface area (Å²) in [6.45, 7) is 1.95. The van der Waals surface area contributed by atoms with Gasteiger partial charge >= 0.3 is 5.16 Å². The number of nitrogens with one attached hydrogen (secondary N) is 1. The standard InChI is InChI=1S/C21H18N8O2S/c1-12-6-13(27-19-18-16(24-10-25-19)9-23-21(28-18)32(3)30)4-5-17(12)31-14-7-15-20(22-8-14)29(2)11-26-15/h4-11H,1-3H3,(H,24,25,27). The Morgan fingerprint density at radius 3 is 2.72 bits per heavy atom. The van der Waals surface area contributed by atoms with Crippen LogP contribution in [0.5, 0.6) is 11.5 Å². The molecule has 0 saturated heterocycles. The summed E-state index contributed by atoms with van der Waals surface area (Å²) in [4.78, 5) is 25.6. The highest BCUT2D eigenvalue weighted by Gasteiger charge is 2.14. The number of rotatable bonds is 5. The van der Waals surface area contributed by atoms with Crippen LogP contribution in [0.15, 0.2) is 54.5 Å². The lowest BCUT2D eigenvalue weighted by Crippen LogP contribution is -2.06. The van der Waals surface area contributed by atoms with E-state index in [1.165, 1.54) is 12.6 Å². The minimum Gasteiger partial charge on any atom is -0.609 e. The Morgan fingerprint density at radius 1 is 1.03 bits per heavy atom. The molecule has 1 aromatic carbocycles. The van der Waals surface area contributed by atoms with Crippen molar-refractivity contribution in [3.63, 3.8) is 0 Å². The first kappa shape index (κ1) is 20.1. The Bertz CT molecular complexity index is 1450. The van der Waals surface area contributed by atoms with E-state index in [1.807, 2.05) is 42.8 Å². The van der Waals surface area contributed by atoms with E-state index in [0.717, 1.165) is 22.4 Å². The smallest absolute Gasteiger partial charge is 0.343 e. The third-order valence-corrected chi connectivity index (χ3v) is 5.52. The number of ether oxygens (including phenoxy) is 1. The maximum Gasteiger partial charge on any atom is 0.343 e. The molecular formula is C21H18N8O2S. The summed E-state index contributed by atoms with van der Waals surface area (Å²) in [7, 11) is 1.90. The molecule has 5 aromatic rings. The van der Waals surface area contributed by atoms with E-state index >= 15 is 0 Å². The number of benzene rings is 1. The molecule has 0 aliphatic heterocycles. The normalized spacial score (nSPS) is 12.2. The quantitative estimate of drug-likeness (QED) is 0.319. The zero-order chi connectivity index (χ0) is 22.2. The van der Waals surface area contributed by atoms with E-state index in [9.17, 15) is 4.55 Å². The Labute approximate surface area is 185 Å². The third-order valence-electron chi connectivity index (χ3n) is 4.80. The number of pyridine rings is 1. The lowest BCUT2D eigenvalue weighted by molar-refractivity contribution is 0.477. The molecule has 0 spiro atoms. The topological polar surface area (TPSA) is 127 Å². The maximum atomic E-state index is 11.8. The number of fused-ring (bicyclic) bond motifs is 2. The zero-order valence-electron chi connectivity index (χ0n) is 17.5. The summed E-state index contributed by atoms with van der Waals surface area (Å²) in [6, 6.07) is 7.54. The summed E-state index contributed by atoms with van der Waals surface area (Å²) in [6.07, 6.45) is 7.90. The van der Waals surface area contributed by atoms with Gasteiger partial charge in [-0.2, -0.15) is 9.97 Å². The fraction of sp³-hybridized carbons (Fsp3) is 0.143. The van der Waals surface area contributed by atoms with Crippen LogP contribution >= 0.6 is 0 Å².